The Morgan fingerprint density at radius 1 is 0.781 bits per heavy atom. The normalized spacial score (nSPS) is 13.6. The molecule has 0 spiro atoms. The molecule has 1 aliphatic rings. The van der Waals surface area contributed by atoms with E-state index in [0.29, 0.717) is 28.3 Å². The quantitative estimate of drug-likeness (QED) is 0.576. The van der Waals surface area contributed by atoms with Crippen LogP contribution < -0.4 is 19.7 Å². The van der Waals surface area contributed by atoms with Crippen LogP contribution in [0.1, 0.15) is 16.7 Å². The molecule has 0 aliphatic carbocycles. The summed E-state index contributed by atoms with van der Waals surface area (Å²) in [7, 11) is 3.04. The number of carbonyl (C=O) groups excluding carboxylic acids is 2. The van der Waals surface area contributed by atoms with Crippen molar-refractivity contribution in [3.05, 3.63) is 89.1 Å². The molecule has 6 nitrogen and oxygen atoms in total. The molecule has 3 aromatic rings. The summed E-state index contributed by atoms with van der Waals surface area (Å²) in [5.74, 6) is 0.117. The number of nitrogens with one attached hydrogen (secondary N) is 1. The van der Waals surface area contributed by atoms with Gasteiger partial charge in [-0.05, 0) is 48.7 Å². The molecule has 1 N–H and O–H groups in total. The SMILES string of the molecule is COc1ccc(N2C(=O)C(Nc3cc(C)ccc3C)=C(c3ccccc3)C2=O)cc1OC. The predicted molar refractivity (Wildman–Crippen MR) is 125 cm³/mol. The van der Waals surface area contributed by atoms with Gasteiger partial charge in [0, 0.05) is 11.8 Å². The van der Waals surface area contributed by atoms with Crippen molar-refractivity contribution >= 4 is 28.8 Å². The number of nitrogens with zero attached hydrogens (tertiary/aromatic N) is 1. The highest BCUT2D eigenvalue weighted by Gasteiger charge is 2.40. The van der Waals surface area contributed by atoms with Gasteiger partial charge in [0.25, 0.3) is 11.8 Å². The average Bonchev–Trinajstić information content (AvgIpc) is 3.05. The van der Waals surface area contributed by atoms with Crippen LogP contribution in [-0.4, -0.2) is 26.0 Å². The summed E-state index contributed by atoms with van der Waals surface area (Å²) in [6.07, 6.45) is 0. The van der Waals surface area contributed by atoms with Crippen molar-refractivity contribution in [1.29, 1.82) is 0 Å². The molecule has 6 heteroatoms. The molecule has 0 atom stereocenters. The van der Waals surface area contributed by atoms with Gasteiger partial charge in [-0.15, -0.1) is 0 Å². The van der Waals surface area contributed by atoms with Gasteiger partial charge in [0.1, 0.15) is 5.70 Å². The molecule has 0 bridgehead atoms. The smallest absolute Gasteiger partial charge is 0.282 e. The second-order valence-electron chi connectivity index (χ2n) is 7.54. The molecule has 0 saturated heterocycles. The summed E-state index contributed by atoms with van der Waals surface area (Å²) in [6, 6.07) is 20.1. The highest BCUT2D eigenvalue weighted by Crippen LogP contribution is 2.37. The summed E-state index contributed by atoms with van der Waals surface area (Å²) < 4.78 is 10.7. The van der Waals surface area contributed by atoms with E-state index >= 15 is 0 Å². The molecule has 2 amide bonds. The number of imide groups is 1. The molecule has 0 radical (unpaired) electrons. The molecule has 3 aromatic carbocycles. The zero-order chi connectivity index (χ0) is 22.8. The van der Waals surface area contributed by atoms with Gasteiger partial charge in [0.2, 0.25) is 0 Å². The Hall–Kier alpha value is -4.06. The first-order valence-electron chi connectivity index (χ1n) is 10.2. The van der Waals surface area contributed by atoms with Gasteiger partial charge in [-0.1, -0.05) is 42.5 Å². The van der Waals surface area contributed by atoms with E-state index in [4.69, 9.17) is 9.47 Å². The van der Waals surface area contributed by atoms with Crippen LogP contribution in [0.3, 0.4) is 0 Å². The van der Waals surface area contributed by atoms with Gasteiger partial charge in [0.15, 0.2) is 11.5 Å². The summed E-state index contributed by atoms with van der Waals surface area (Å²) in [5.41, 5.74) is 4.44. The first-order chi connectivity index (χ1) is 15.4. The Morgan fingerprint density at radius 3 is 2.19 bits per heavy atom. The topological polar surface area (TPSA) is 67.9 Å². The lowest BCUT2D eigenvalue weighted by atomic mass is 10.0. The zero-order valence-corrected chi connectivity index (χ0v) is 18.4. The Balaban J connectivity index is 1.83. The Bertz CT molecular complexity index is 1230. The molecule has 4 rings (SSSR count). The Labute approximate surface area is 187 Å². The second-order valence-corrected chi connectivity index (χ2v) is 7.54. The minimum Gasteiger partial charge on any atom is -0.493 e. The first kappa shape index (κ1) is 21.2. The molecule has 0 unspecified atom stereocenters. The van der Waals surface area contributed by atoms with Crippen molar-refractivity contribution in [3.8, 4) is 11.5 Å². The summed E-state index contributed by atoms with van der Waals surface area (Å²) >= 11 is 0. The van der Waals surface area contributed by atoms with Crippen LogP contribution in [0.4, 0.5) is 11.4 Å². The van der Waals surface area contributed by atoms with Crippen molar-refractivity contribution in [3.63, 3.8) is 0 Å². The molecule has 162 valence electrons. The van der Waals surface area contributed by atoms with Crippen molar-refractivity contribution < 1.29 is 19.1 Å². The number of methoxy groups -OCH3 is 2. The number of carbonyl (C=O) groups is 2. The number of aryl methyl sites for hydroxylation is 2. The minimum absolute atomic E-state index is 0.240. The number of benzene rings is 3. The lowest BCUT2D eigenvalue weighted by molar-refractivity contribution is -0.120. The van der Waals surface area contributed by atoms with Gasteiger partial charge in [-0.25, -0.2) is 4.90 Å². The Morgan fingerprint density at radius 2 is 1.50 bits per heavy atom. The van der Waals surface area contributed by atoms with Crippen molar-refractivity contribution in [2.75, 3.05) is 24.4 Å². The lowest BCUT2D eigenvalue weighted by Crippen LogP contribution is -2.32. The average molecular weight is 428 g/mol. The van der Waals surface area contributed by atoms with Crippen molar-refractivity contribution in [2.24, 2.45) is 0 Å². The fourth-order valence-electron chi connectivity index (χ4n) is 3.72. The highest BCUT2D eigenvalue weighted by molar-refractivity contribution is 6.46. The number of hydrogen-bond acceptors (Lipinski definition) is 5. The third kappa shape index (κ3) is 3.71. The van der Waals surface area contributed by atoms with Gasteiger partial charge in [0.05, 0.1) is 25.5 Å². The lowest BCUT2D eigenvalue weighted by Gasteiger charge is -2.18. The summed E-state index contributed by atoms with van der Waals surface area (Å²) in [4.78, 5) is 28.3. The molecule has 0 fully saturated rings. The maximum atomic E-state index is 13.6. The second kappa shape index (κ2) is 8.59. The largest absolute Gasteiger partial charge is 0.493 e. The fraction of sp³-hybridized carbons (Fsp3) is 0.154. The highest BCUT2D eigenvalue weighted by atomic mass is 16.5. The summed E-state index contributed by atoms with van der Waals surface area (Å²) in [5, 5.41) is 3.24. The molecule has 1 aliphatic heterocycles. The zero-order valence-electron chi connectivity index (χ0n) is 18.4. The maximum absolute atomic E-state index is 13.6. The molecular formula is C26H24N2O4. The van der Waals surface area contributed by atoms with Crippen LogP contribution in [0.25, 0.3) is 5.57 Å². The van der Waals surface area contributed by atoms with Gasteiger partial charge >= 0.3 is 0 Å². The van der Waals surface area contributed by atoms with Crippen LogP contribution in [0.15, 0.2) is 72.4 Å². The van der Waals surface area contributed by atoms with Gasteiger partial charge in [-0.2, -0.15) is 0 Å². The maximum Gasteiger partial charge on any atom is 0.282 e. The van der Waals surface area contributed by atoms with E-state index in [1.54, 1.807) is 18.2 Å². The van der Waals surface area contributed by atoms with E-state index in [0.717, 1.165) is 21.7 Å². The molecule has 0 saturated carbocycles. The van der Waals surface area contributed by atoms with E-state index in [9.17, 15) is 9.59 Å². The van der Waals surface area contributed by atoms with Crippen LogP contribution in [0.5, 0.6) is 11.5 Å². The molecular weight excluding hydrogens is 404 g/mol. The minimum atomic E-state index is -0.429. The van der Waals surface area contributed by atoms with E-state index in [1.165, 1.54) is 14.2 Å². The standard InChI is InChI=1S/C26H24N2O4/c1-16-10-11-17(2)20(14-16)27-24-23(18-8-6-5-7-9-18)25(29)28(26(24)30)19-12-13-21(31-3)22(15-19)32-4/h5-15,27H,1-4H3. The number of hydrogen-bond donors (Lipinski definition) is 1. The van der Waals surface area contributed by atoms with Gasteiger partial charge in [-0.3, -0.25) is 9.59 Å². The number of amides is 2. The Kier molecular flexibility index (Phi) is 5.69. The van der Waals surface area contributed by atoms with E-state index in [-0.39, 0.29) is 5.70 Å². The van der Waals surface area contributed by atoms with Crippen LogP contribution >= 0.6 is 0 Å². The van der Waals surface area contributed by atoms with E-state index < -0.39 is 11.8 Å². The fourth-order valence-corrected chi connectivity index (χ4v) is 3.72. The van der Waals surface area contributed by atoms with E-state index in [2.05, 4.69) is 5.32 Å². The first-order valence-corrected chi connectivity index (χ1v) is 10.2. The van der Waals surface area contributed by atoms with Crippen LogP contribution in [0.2, 0.25) is 0 Å². The number of anilines is 2. The third-order valence-corrected chi connectivity index (χ3v) is 5.42. The van der Waals surface area contributed by atoms with Crippen molar-refractivity contribution in [1.82, 2.24) is 0 Å². The van der Waals surface area contributed by atoms with Crippen LogP contribution in [0, 0.1) is 13.8 Å². The number of ether oxygens (including phenoxy) is 2. The summed E-state index contributed by atoms with van der Waals surface area (Å²) in [6.45, 7) is 3.94. The predicted octanol–water partition coefficient (Wildman–Crippen LogP) is 4.72. The third-order valence-electron chi connectivity index (χ3n) is 5.42. The molecule has 32 heavy (non-hydrogen) atoms. The molecule has 0 aromatic heterocycles. The monoisotopic (exact) mass is 428 g/mol. The van der Waals surface area contributed by atoms with Crippen LogP contribution in [-0.2, 0) is 9.59 Å². The van der Waals surface area contributed by atoms with Gasteiger partial charge < -0.3 is 14.8 Å². The van der Waals surface area contributed by atoms with Crippen molar-refractivity contribution in [2.45, 2.75) is 13.8 Å². The van der Waals surface area contributed by atoms with E-state index in [1.807, 2.05) is 62.4 Å². The number of rotatable bonds is 6. The molecule has 1 heterocycles.